The van der Waals surface area contributed by atoms with Gasteiger partial charge in [0.2, 0.25) is 0 Å². The third kappa shape index (κ3) is 2.53. The van der Waals surface area contributed by atoms with Gasteiger partial charge in [0, 0.05) is 13.2 Å². The van der Waals surface area contributed by atoms with E-state index in [2.05, 4.69) is 20.3 Å². The molecule has 0 radical (unpaired) electrons. The van der Waals surface area contributed by atoms with Gasteiger partial charge in [0.05, 0.1) is 11.3 Å². The molecule has 0 aliphatic rings. The first-order chi connectivity index (χ1) is 12.6. The first-order valence-electron chi connectivity index (χ1n) is 8.08. The lowest BCUT2D eigenvalue weighted by Gasteiger charge is -2.05. The second kappa shape index (κ2) is 6.26. The standard InChI is InChI=1S/C17H15FN6O2/c1-10-13(11-3-5-12(18)6-4-11)15-21-20-14-16(24(15)22-10)19-9-23(17(14)26)7-2-8-25/h3-6,9,25H,2,7-8H2,1H3. The molecule has 0 aliphatic heterocycles. The summed E-state index contributed by atoms with van der Waals surface area (Å²) in [6.45, 7) is 2.13. The van der Waals surface area contributed by atoms with Gasteiger partial charge in [0.25, 0.3) is 5.56 Å². The predicted molar refractivity (Wildman–Crippen MR) is 92.2 cm³/mol. The number of aliphatic hydroxyl groups is 1. The van der Waals surface area contributed by atoms with Gasteiger partial charge in [0.15, 0.2) is 16.8 Å². The maximum absolute atomic E-state index is 13.2. The van der Waals surface area contributed by atoms with E-state index in [1.807, 2.05) is 6.92 Å². The van der Waals surface area contributed by atoms with Gasteiger partial charge >= 0.3 is 0 Å². The Morgan fingerprint density at radius 1 is 1.15 bits per heavy atom. The summed E-state index contributed by atoms with van der Waals surface area (Å²) in [6, 6.07) is 6.02. The Morgan fingerprint density at radius 2 is 1.92 bits per heavy atom. The van der Waals surface area contributed by atoms with E-state index in [1.165, 1.54) is 27.5 Å². The zero-order valence-electron chi connectivity index (χ0n) is 13.9. The normalized spacial score (nSPS) is 11.5. The number of aromatic nitrogens is 6. The Bertz CT molecular complexity index is 1170. The van der Waals surface area contributed by atoms with Crippen molar-refractivity contribution in [2.75, 3.05) is 6.61 Å². The van der Waals surface area contributed by atoms with Crippen LogP contribution in [0.5, 0.6) is 0 Å². The molecule has 1 aromatic carbocycles. The van der Waals surface area contributed by atoms with Gasteiger partial charge in [-0.25, -0.2) is 9.37 Å². The van der Waals surface area contributed by atoms with Crippen LogP contribution in [-0.2, 0) is 6.54 Å². The monoisotopic (exact) mass is 354 g/mol. The average molecular weight is 354 g/mol. The van der Waals surface area contributed by atoms with Gasteiger partial charge in [-0.15, -0.1) is 10.2 Å². The van der Waals surface area contributed by atoms with Crippen LogP contribution in [-0.4, -0.2) is 41.1 Å². The van der Waals surface area contributed by atoms with Crippen molar-refractivity contribution in [3.05, 3.63) is 52.5 Å². The Morgan fingerprint density at radius 3 is 2.65 bits per heavy atom. The van der Waals surface area contributed by atoms with Crippen LogP contribution in [0.3, 0.4) is 0 Å². The van der Waals surface area contributed by atoms with Gasteiger partial charge in [0.1, 0.15) is 12.1 Å². The SMILES string of the molecule is Cc1nn2c(nnc3c(=O)n(CCCO)cnc32)c1-c1ccc(F)cc1. The van der Waals surface area contributed by atoms with Crippen molar-refractivity contribution >= 4 is 16.8 Å². The van der Waals surface area contributed by atoms with Gasteiger partial charge in [-0.2, -0.15) is 9.61 Å². The van der Waals surface area contributed by atoms with Gasteiger partial charge < -0.3 is 5.11 Å². The molecule has 132 valence electrons. The third-order valence-corrected chi connectivity index (χ3v) is 4.17. The number of aryl methyl sites for hydroxylation is 2. The smallest absolute Gasteiger partial charge is 0.283 e. The van der Waals surface area contributed by atoms with Crippen molar-refractivity contribution in [1.82, 2.24) is 29.4 Å². The highest BCUT2D eigenvalue weighted by Gasteiger charge is 2.18. The molecule has 8 nitrogen and oxygen atoms in total. The fourth-order valence-electron chi connectivity index (χ4n) is 2.92. The summed E-state index contributed by atoms with van der Waals surface area (Å²) in [6.07, 6.45) is 1.86. The Balaban J connectivity index is 1.94. The van der Waals surface area contributed by atoms with E-state index in [0.29, 0.717) is 35.5 Å². The van der Waals surface area contributed by atoms with Crippen LogP contribution in [0.25, 0.3) is 27.9 Å². The van der Waals surface area contributed by atoms with Crippen molar-refractivity contribution in [3.63, 3.8) is 0 Å². The van der Waals surface area contributed by atoms with Crippen molar-refractivity contribution in [2.45, 2.75) is 19.9 Å². The number of nitrogens with zero attached hydrogens (tertiary/aromatic N) is 6. The molecule has 0 atom stereocenters. The molecule has 9 heteroatoms. The van der Waals surface area contributed by atoms with Crippen molar-refractivity contribution in [2.24, 2.45) is 0 Å². The minimum atomic E-state index is -0.339. The highest BCUT2D eigenvalue weighted by Crippen LogP contribution is 2.27. The van der Waals surface area contributed by atoms with E-state index < -0.39 is 0 Å². The van der Waals surface area contributed by atoms with E-state index in [0.717, 1.165) is 5.56 Å². The first-order valence-corrected chi connectivity index (χ1v) is 8.08. The Kier molecular flexibility index (Phi) is 3.92. The van der Waals surface area contributed by atoms with Crippen LogP contribution in [0.2, 0.25) is 0 Å². The maximum atomic E-state index is 13.2. The minimum Gasteiger partial charge on any atom is -0.396 e. The summed E-state index contributed by atoms with van der Waals surface area (Å²) >= 11 is 0. The summed E-state index contributed by atoms with van der Waals surface area (Å²) in [4.78, 5) is 16.8. The molecule has 0 saturated heterocycles. The molecular weight excluding hydrogens is 339 g/mol. The molecule has 26 heavy (non-hydrogen) atoms. The van der Waals surface area contributed by atoms with Crippen LogP contribution in [0.4, 0.5) is 4.39 Å². The summed E-state index contributed by atoms with van der Waals surface area (Å²) < 4.78 is 16.1. The van der Waals surface area contributed by atoms with E-state index in [1.54, 1.807) is 12.1 Å². The summed E-state index contributed by atoms with van der Waals surface area (Å²) in [5.74, 6) is -0.329. The Labute approximate surface area is 146 Å². The second-order valence-electron chi connectivity index (χ2n) is 5.90. The van der Waals surface area contributed by atoms with Gasteiger partial charge in [-0.3, -0.25) is 9.36 Å². The van der Waals surface area contributed by atoms with E-state index in [-0.39, 0.29) is 23.5 Å². The summed E-state index contributed by atoms with van der Waals surface area (Å²) in [7, 11) is 0. The highest BCUT2D eigenvalue weighted by molar-refractivity contribution is 5.83. The average Bonchev–Trinajstić information content (AvgIpc) is 2.98. The number of fused-ring (bicyclic) bond motifs is 3. The lowest BCUT2D eigenvalue weighted by molar-refractivity contribution is 0.279. The van der Waals surface area contributed by atoms with Crippen LogP contribution in [0, 0.1) is 12.7 Å². The molecule has 0 fully saturated rings. The van der Waals surface area contributed by atoms with Gasteiger partial charge in [-0.05, 0) is 31.0 Å². The summed E-state index contributed by atoms with van der Waals surface area (Å²) in [5.41, 5.74) is 2.65. The lowest BCUT2D eigenvalue weighted by Crippen LogP contribution is -2.23. The Hall–Kier alpha value is -3.20. The van der Waals surface area contributed by atoms with Crippen LogP contribution in [0.1, 0.15) is 12.1 Å². The second-order valence-corrected chi connectivity index (χ2v) is 5.90. The van der Waals surface area contributed by atoms with E-state index >= 15 is 0 Å². The molecule has 4 rings (SSSR count). The molecule has 0 spiro atoms. The van der Waals surface area contributed by atoms with Crippen molar-refractivity contribution < 1.29 is 9.50 Å². The first kappa shape index (κ1) is 16.3. The van der Waals surface area contributed by atoms with Crippen LogP contribution >= 0.6 is 0 Å². The molecule has 0 unspecified atom stereocenters. The molecule has 4 aromatic rings. The molecule has 0 saturated carbocycles. The summed E-state index contributed by atoms with van der Waals surface area (Å²) in [5, 5.41) is 21.6. The van der Waals surface area contributed by atoms with Crippen LogP contribution in [0.15, 0.2) is 35.4 Å². The maximum Gasteiger partial charge on any atom is 0.283 e. The van der Waals surface area contributed by atoms with Crippen molar-refractivity contribution in [3.8, 4) is 11.1 Å². The highest BCUT2D eigenvalue weighted by atomic mass is 19.1. The number of hydrogen-bond donors (Lipinski definition) is 1. The fraction of sp³-hybridized carbons (Fsp3) is 0.235. The van der Waals surface area contributed by atoms with Crippen LogP contribution < -0.4 is 5.56 Å². The zero-order chi connectivity index (χ0) is 18.3. The third-order valence-electron chi connectivity index (χ3n) is 4.17. The topological polar surface area (TPSA) is 98.2 Å². The molecule has 0 bridgehead atoms. The molecule has 1 N–H and O–H groups in total. The molecular formula is C17H15FN6O2. The number of rotatable bonds is 4. The van der Waals surface area contributed by atoms with E-state index in [4.69, 9.17) is 5.11 Å². The van der Waals surface area contributed by atoms with Gasteiger partial charge in [-0.1, -0.05) is 12.1 Å². The zero-order valence-corrected chi connectivity index (χ0v) is 13.9. The number of halogens is 1. The van der Waals surface area contributed by atoms with E-state index in [9.17, 15) is 9.18 Å². The molecule has 0 amide bonds. The number of hydrogen-bond acceptors (Lipinski definition) is 6. The number of aliphatic hydroxyl groups excluding tert-OH is 1. The predicted octanol–water partition coefficient (Wildman–Crippen LogP) is 1.33. The molecule has 0 aliphatic carbocycles. The largest absolute Gasteiger partial charge is 0.396 e. The number of benzene rings is 1. The molecule has 3 heterocycles. The fourth-order valence-corrected chi connectivity index (χ4v) is 2.92. The minimum absolute atomic E-state index is 0.0193. The van der Waals surface area contributed by atoms with Crippen molar-refractivity contribution in [1.29, 1.82) is 0 Å². The quantitative estimate of drug-likeness (QED) is 0.594. The molecule has 3 aromatic heterocycles. The lowest BCUT2D eigenvalue weighted by atomic mass is 10.1.